The van der Waals surface area contributed by atoms with E-state index in [0.717, 1.165) is 23.3 Å². The van der Waals surface area contributed by atoms with Crippen LogP contribution in [0.3, 0.4) is 0 Å². The zero-order valence-corrected chi connectivity index (χ0v) is 22.2. The number of nitrogens with one attached hydrogen (secondary N) is 1. The van der Waals surface area contributed by atoms with Crippen molar-refractivity contribution in [1.29, 1.82) is 0 Å². The predicted molar refractivity (Wildman–Crippen MR) is 145 cm³/mol. The highest BCUT2D eigenvalue weighted by Gasteiger charge is 2.20. The van der Waals surface area contributed by atoms with Crippen molar-refractivity contribution in [2.75, 3.05) is 11.1 Å². The fourth-order valence-electron chi connectivity index (χ4n) is 3.51. The zero-order valence-electron chi connectivity index (χ0n) is 18.3. The van der Waals surface area contributed by atoms with Crippen LogP contribution >= 0.6 is 57.9 Å². The maximum absolute atomic E-state index is 13.6. The Labute approximate surface area is 220 Å². The molecule has 0 aliphatic carbocycles. The highest BCUT2D eigenvalue weighted by atomic mass is 35.5. The summed E-state index contributed by atoms with van der Waals surface area (Å²) >= 11 is 21.0. The second kappa shape index (κ2) is 10.7. The third-order valence-electron chi connectivity index (χ3n) is 5.15. The van der Waals surface area contributed by atoms with Gasteiger partial charge in [-0.1, -0.05) is 66.0 Å². The predicted octanol–water partition coefficient (Wildman–Crippen LogP) is 7.40. The standard InChI is InChI=1S/C24H20Cl3N3O2S2/c1-3-5-18-13(2)20-22(34-18)29-24(30(23(20)32)15-10-8-14(25)9-11-15)33-12-19(31)28-17-7-4-6-16(26)21(17)27/h4,6-11H,3,5,12H2,1-2H3,(H,28,31). The lowest BCUT2D eigenvalue weighted by Crippen LogP contribution is -2.23. The third-order valence-corrected chi connectivity index (χ3v) is 8.41. The van der Waals surface area contributed by atoms with Crippen LogP contribution in [0.1, 0.15) is 23.8 Å². The molecule has 176 valence electrons. The number of hydrogen-bond acceptors (Lipinski definition) is 5. The first-order chi connectivity index (χ1) is 16.3. The normalized spacial score (nSPS) is 11.2. The number of rotatable bonds is 7. The van der Waals surface area contributed by atoms with Crippen molar-refractivity contribution in [2.45, 2.75) is 31.8 Å². The van der Waals surface area contributed by atoms with Gasteiger partial charge in [-0.05, 0) is 55.3 Å². The second-order valence-electron chi connectivity index (χ2n) is 7.53. The van der Waals surface area contributed by atoms with E-state index in [1.807, 2.05) is 6.92 Å². The smallest absolute Gasteiger partial charge is 0.267 e. The Bertz CT molecular complexity index is 1430. The van der Waals surface area contributed by atoms with Crippen molar-refractivity contribution >= 4 is 79.7 Å². The lowest BCUT2D eigenvalue weighted by Gasteiger charge is -2.13. The van der Waals surface area contributed by atoms with E-state index in [2.05, 4.69) is 12.2 Å². The van der Waals surface area contributed by atoms with Gasteiger partial charge in [0, 0.05) is 9.90 Å². The number of thiophene rings is 1. The summed E-state index contributed by atoms with van der Waals surface area (Å²) in [5, 5.41) is 5.00. The number of benzene rings is 2. The number of anilines is 1. The number of nitrogens with zero attached hydrogens (tertiary/aromatic N) is 2. The number of carbonyl (C=O) groups excluding carboxylic acids is 1. The Kier molecular flexibility index (Phi) is 7.90. The van der Waals surface area contributed by atoms with E-state index in [4.69, 9.17) is 39.8 Å². The highest BCUT2D eigenvalue weighted by Crippen LogP contribution is 2.32. The van der Waals surface area contributed by atoms with Gasteiger partial charge in [-0.25, -0.2) is 4.98 Å². The molecule has 4 rings (SSSR count). The lowest BCUT2D eigenvalue weighted by atomic mass is 10.1. The summed E-state index contributed by atoms with van der Waals surface area (Å²) in [5.74, 6) is -0.263. The highest BCUT2D eigenvalue weighted by molar-refractivity contribution is 7.99. The summed E-state index contributed by atoms with van der Waals surface area (Å²) in [6.45, 7) is 4.07. The summed E-state index contributed by atoms with van der Waals surface area (Å²) in [7, 11) is 0. The van der Waals surface area contributed by atoms with Crippen LogP contribution < -0.4 is 10.9 Å². The summed E-state index contributed by atoms with van der Waals surface area (Å²) in [4.78, 5) is 32.9. The quantitative estimate of drug-likeness (QED) is 0.192. The van der Waals surface area contributed by atoms with Gasteiger partial charge in [-0.2, -0.15) is 0 Å². The molecule has 1 amide bonds. The van der Waals surface area contributed by atoms with Crippen molar-refractivity contribution in [3.63, 3.8) is 0 Å². The molecule has 0 fully saturated rings. The number of halogens is 3. The summed E-state index contributed by atoms with van der Waals surface area (Å²) in [6.07, 6.45) is 1.87. The molecular formula is C24H20Cl3N3O2S2. The SMILES string of the molecule is CCCc1sc2nc(SCC(=O)Nc3cccc(Cl)c3Cl)n(-c3ccc(Cl)cc3)c(=O)c2c1C. The Morgan fingerprint density at radius 3 is 2.59 bits per heavy atom. The first kappa shape index (κ1) is 25.1. The first-order valence-electron chi connectivity index (χ1n) is 10.5. The molecule has 0 atom stereocenters. The molecule has 0 aliphatic heterocycles. The third kappa shape index (κ3) is 5.14. The van der Waals surface area contributed by atoms with Crippen LogP contribution in [0.15, 0.2) is 52.4 Å². The van der Waals surface area contributed by atoms with Gasteiger partial charge in [-0.15, -0.1) is 11.3 Å². The number of aryl methyl sites for hydroxylation is 2. The molecule has 0 bridgehead atoms. The van der Waals surface area contributed by atoms with Gasteiger partial charge in [0.2, 0.25) is 5.91 Å². The van der Waals surface area contributed by atoms with Crippen LogP contribution in [0.25, 0.3) is 15.9 Å². The molecule has 0 saturated carbocycles. The number of carbonyl (C=O) groups is 1. The van der Waals surface area contributed by atoms with Gasteiger partial charge >= 0.3 is 0 Å². The lowest BCUT2D eigenvalue weighted by molar-refractivity contribution is -0.113. The molecule has 10 heteroatoms. The van der Waals surface area contributed by atoms with Crippen LogP contribution in [-0.4, -0.2) is 21.2 Å². The van der Waals surface area contributed by atoms with Gasteiger partial charge in [0.1, 0.15) is 4.83 Å². The Hall–Kier alpha value is -2.03. The summed E-state index contributed by atoms with van der Waals surface area (Å²) in [6, 6.07) is 12.0. The molecule has 2 aromatic carbocycles. The Morgan fingerprint density at radius 2 is 1.88 bits per heavy atom. The minimum Gasteiger partial charge on any atom is -0.324 e. The average Bonchev–Trinajstić information content (AvgIpc) is 3.12. The minimum atomic E-state index is -0.291. The first-order valence-corrected chi connectivity index (χ1v) is 13.4. The molecule has 0 radical (unpaired) electrons. The Morgan fingerprint density at radius 1 is 1.15 bits per heavy atom. The van der Waals surface area contributed by atoms with Crippen LogP contribution in [0, 0.1) is 6.92 Å². The molecular weight excluding hydrogens is 533 g/mol. The second-order valence-corrected chi connectivity index (χ2v) is 10.8. The number of aromatic nitrogens is 2. The molecule has 0 aliphatic rings. The molecule has 2 heterocycles. The molecule has 1 N–H and O–H groups in total. The molecule has 0 saturated heterocycles. The van der Waals surface area contributed by atoms with Gasteiger partial charge in [-0.3, -0.25) is 14.2 Å². The average molecular weight is 553 g/mol. The minimum absolute atomic E-state index is 0.0283. The fraction of sp³-hybridized carbons (Fsp3) is 0.208. The molecule has 34 heavy (non-hydrogen) atoms. The maximum atomic E-state index is 13.6. The summed E-state index contributed by atoms with van der Waals surface area (Å²) < 4.78 is 1.54. The van der Waals surface area contributed by atoms with Crippen LogP contribution in [0.4, 0.5) is 5.69 Å². The van der Waals surface area contributed by atoms with E-state index < -0.39 is 0 Å². The van der Waals surface area contributed by atoms with Crippen molar-refractivity contribution in [1.82, 2.24) is 9.55 Å². The molecule has 0 spiro atoms. The topological polar surface area (TPSA) is 64.0 Å². The van der Waals surface area contributed by atoms with E-state index in [1.54, 1.807) is 47.0 Å². The molecule has 5 nitrogen and oxygen atoms in total. The molecule has 4 aromatic rings. The van der Waals surface area contributed by atoms with Gasteiger partial charge < -0.3 is 5.32 Å². The van der Waals surface area contributed by atoms with Crippen LogP contribution in [0.2, 0.25) is 15.1 Å². The Balaban J connectivity index is 1.72. The number of thioether (sulfide) groups is 1. The number of hydrogen-bond donors (Lipinski definition) is 1. The molecule has 2 aromatic heterocycles. The summed E-state index contributed by atoms with van der Waals surface area (Å²) in [5.41, 5.74) is 1.86. The largest absolute Gasteiger partial charge is 0.324 e. The van der Waals surface area contributed by atoms with Crippen molar-refractivity contribution in [3.8, 4) is 5.69 Å². The van der Waals surface area contributed by atoms with E-state index in [-0.39, 0.29) is 22.2 Å². The van der Waals surface area contributed by atoms with E-state index in [9.17, 15) is 9.59 Å². The van der Waals surface area contributed by atoms with Crippen molar-refractivity contribution in [3.05, 3.63) is 78.3 Å². The van der Waals surface area contributed by atoms with E-state index in [1.165, 1.54) is 23.1 Å². The molecule has 0 unspecified atom stereocenters. The monoisotopic (exact) mass is 551 g/mol. The van der Waals surface area contributed by atoms with Crippen LogP contribution in [-0.2, 0) is 11.2 Å². The zero-order chi connectivity index (χ0) is 24.4. The van der Waals surface area contributed by atoms with E-state index >= 15 is 0 Å². The van der Waals surface area contributed by atoms with Gasteiger partial charge in [0.25, 0.3) is 5.56 Å². The van der Waals surface area contributed by atoms with Gasteiger partial charge in [0.15, 0.2) is 5.16 Å². The van der Waals surface area contributed by atoms with Crippen molar-refractivity contribution < 1.29 is 4.79 Å². The number of amides is 1. The maximum Gasteiger partial charge on any atom is 0.267 e. The number of fused-ring (bicyclic) bond motifs is 1. The fourth-order valence-corrected chi connectivity index (χ4v) is 6.11. The van der Waals surface area contributed by atoms with Crippen LogP contribution in [0.5, 0.6) is 0 Å². The van der Waals surface area contributed by atoms with Gasteiger partial charge in [0.05, 0.1) is 32.6 Å². The van der Waals surface area contributed by atoms with Crippen molar-refractivity contribution in [2.24, 2.45) is 0 Å². The van der Waals surface area contributed by atoms with E-state index in [0.29, 0.717) is 36.8 Å².